The van der Waals surface area contributed by atoms with Gasteiger partial charge in [-0.3, -0.25) is 9.88 Å². The lowest BCUT2D eigenvalue weighted by atomic mass is 9.87. The van der Waals surface area contributed by atoms with Gasteiger partial charge >= 0.3 is 6.03 Å². The molecular formula is C36H42N4O3. The Morgan fingerprint density at radius 1 is 0.930 bits per heavy atom. The van der Waals surface area contributed by atoms with Gasteiger partial charge in [-0.25, -0.2) is 4.79 Å². The van der Waals surface area contributed by atoms with Gasteiger partial charge in [0.1, 0.15) is 5.75 Å². The van der Waals surface area contributed by atoms with Crippen LogP contribution < -0.4 is 15.4 Å². The summed E-state index contributed by atoms with van der Waals surface area (Å²) in [6.45, 7) is 10.8. The fourth-order valence-corrected chi connectivity index (χ4v) is 5.98. The van der Waals surface area contributed by atoms with Crippen molar-refractivity contribution in [2.75, 3.05) is 36.9 Å². The maximum atomic E-state index is 13.4. The van der Waals surface area contributed by atoms with Crippen molar-refractivity contribution < 1.29 is 14.3 Å². The van der Waals surface area contributed by atoms with Crippen molar-refractivity contribution in [3.05, 3.63) is 84.2 Å². The Morgan fingerprint density at radius 2 is 1.65 bits per heavy atom. The van der Waals surface area contributed by atoms with Crippen LogP contribution in [-0.2, 0) is 16.7 Å². The van der Waals surface area contributed by atoms with E-state index in [0.717, 1.165) is 84.7 Å². The number of hydrogen-bond acceptors (Lipinski definition) is 5. The van der Waals surface area contributed by atoms with Crippen LogP contribution in [0.15, 0.2) is 72.9 Å². The number of anilines is 2. The zero-order valence-corrected chi connectivity index (χ0v) is 25.5. The number of carbonyl (C=O) groups is 1. The molecule has 1 saturated heterocycles. The number of fused-ring (bicyclic) bond motifs is 1. The van der Waals surface area contributed by atoms with E-state index in [4.69, 9.17) is 14.5 Å². The average molecular weight is 579 g/mol. The third-order valence-corrected chi connectivity index (χ3v) is 8.49. The third-order valence-electron chi connectivity index (χ3n) is 8.49. The molecule has 0 bridgehead atoms. The van der Waals surface area contributed by atoms with Crippen LogP contribution in [0.1, 0.15) is 57.7 Å². The van der Waals surface area contributed by atoms with Crippen molar-refractivity contribution in [3.8, 4) is 16.9 Å². The average Bonchev–Trinajstić information content (AvgIpc) is 3.52. The first kappa shape index (κ1) is 29.1. The highest BCUT2D eigenvalue weighted by molar-refractivity contribution is 6.10. The lowest BCUT2D eigenvalue weighted by Gasteiger charge is -2.26. The highest BCUT2D eigenvalue weighted by Crippen LogP contribution is 2.36. The monoisotopic (exact) mass is 578 g/mol. The Morgan fingerprint density at radius 3 is 2.37 bits per heavy atom. The van der Waals surface area contributed by atoms with Gasteiger partial charge in [-0.05, 0) is 71.9 Å². The normalized spacial score (nSPS) is 16.3. The molecule has 0 unspecified atom stereocenters. The van der Waals surface area contributed by atoms with Gasteiger partial charge in [-0.2, -0.15) is 0 Å². The number of pyridine rings is 1. The summed E-state index contributed by atoms with van der Waals surface area (Å²) >= 11 is 0. The Kier molecular flexibility index (Phi) is 8.63. The largest absolute Gasteiger partial charge is 0.488 e. The molecule has 7 nitrogen and oxygen atoms in total. The molecule has 0 radical (unpaired) electrons. The van der Waals surface area contributed by atoms with E-state index in [1.54, 1.807) is 0 Å². The van der Waals surface area contributed by atoms with Crippen molar-refractivity contribution in [3.63, 3.8) is 0 Å². The second-order valence-corrected chi connectivity index (χ2v) is 12.7. The predicted molar refractivity (Wildman–Crippen MR) is 174 cm³/mol. The first-order valence-corrected chi connectivity index (χ1v) is 15.5. The zero-order valence-electron chi connectivity index (χ0n) is 25.5. The number of ether oxygens (including phenoxy) is 2. The molecule has 1 aliphatic heterocycles. The van der Waals surface area contributed by atoms with Gasteiger partial charge in [0.05, 0.1) is 36.4 Å². The Hall–Kier alpha value is -3.94. The lowest BCUT2D eigenvalue weighted by Crippen LogP contribution is -2.35. The summed E-state index contributed by atoms with van der Waals surface area (Å²) in [4.78, 5) is 20.5. The maximum absolute atomic E-state index is 13.4. The van der Waals surface area contributed by atoms with Crippen LogP contribution >= 0.6 is 0 Å². The summed E-state index contributed by atoms with van der Waals surface area (Å²) in [7, 11) is 0. The second-order valence-electron chi connectivity index (χ2n) is 12.7. The molecule has 0 atom stereocenters. The molecule has 224 valence electrons. The number of carbonyl (C=O) groups excluding carboxylic acids is 1. The fourth-order valence-electron chi connectivity index (χ4n) is 5.98. The van der Waals surface area contributed by atoms with Gasteiger partial charge in [0, 0.05) is 36.8 Å². The van der Waals surface area contributed by atoms with E-state index in [0.29, 0.717) is 5.69 Å². The quantitative estimate of drug-likeness (QED) is 0.232. The Balaban J connectivity index is 1.20. The Labute approximate surface area is 254 Å². The smallest absolute Gasteiger partial charge is 0.323 e. The van der Waals surface area contributed by atoms with Crippen LogP contribution in [0.4, 0.5) is 16.2 Å². The number of urea groups is 1. The molecule has 1 aliphatic carbocycles. The van der Waals surface area contributed by atoms with E-state index < -0.39 is 0 Å². The molecule has 7 heteroatoms. The van der Waals surface area contributed by atoms with E-state index in [-0.39, 0.29) is 17.6 Å². The number of aromatic nitrogens is 1. The molecule has 1 aromatic heterocycles. The standard InChI is InChI=1S/C36H42N4O3/c1-36(2,3)26-13-16-33(34(22-26)43-28-8-4-5-9-28)39-35(41)38-32-17-15-29(30-10-6-7-11-31(30)32)25-12-14-27(37-23-25)24-40-18-20-42-21-19-40/h6-7,10-17,22-23,28H,4-5,8-9,18-21,24H2,1-3H3,(H2,38,39,41). The first-order valence-electron chi connectivity index (χ1n) is 15.5. The van der Waals surface area contributed by atoms with Gasteiger partial charge in [-0.15, -0.1) is 0 Å². The van der Waals surface area contributed by atoms with Crippen molar-refractivity contribution in [1.82, 2.24) is 9.88 Å². The molecule has 6 rings (SSSR count). The molecule has 2 N–H and O–H groups in total. The summed E-state index contributed by atoms with van der Waals surface area (Å²) in [6, 6.07) is 22.2. The topological polar surface area (TPSA) is 75.7 Å². The number of rotatable bonds is 7. The van der Waals surface area contributed by atoms with Crippen LogP contribution in [0.5, 0.6) is 5.75 Å². The van der Waals surface area contributed by atoms with Crippen molar-refractivity contribution in [2.24, 2.45) is 0 Å². The molecule has 2 heterocycles. The zero-order chi connectivity index (χ0) is 29.8. The molecule has 1 saturated carbocycles. The molecule has 2 aliphatic rings. The Bertz CT molecular complexity index is 1570. The molecule has 3 aromatic carbocycles. The number of hydrogen-bond donors (Lipinski definition) is 2. The molecule has 2 fully saturated rings. The summed E-state index contributed by atoms with van der Waals surface area (Å²) in [6.07, 6.45) is 6.61. The van der Waals surface area contributed by atoms with Gasteiger partial charge in [0.15, 0.2) is 0 Å². The molecule has 0 spiro atoms. The van der Waals surface area contributed by atoms with Crippen LogP contribution in [0.3, 0.4) is 0 Å². The molecular weight excluding hydrogens is 536 g/mol. The van der Waals surface area contributed by atoms with E-state index in [1.165, 1.54) is 18.4 Å². The highest BCUT2D eigenvalue weighted by Gasteiger charge is 2.22. The summed E-state index contributed by atoms with van der Waals surface area (Å²) in [5.41, 5.74) is 5.77. The summed E-state index contributed by atoms with van der Waals surface area (Å²) in [5.74, 6) is 0.735. The second kappa shape index (κ2) is 12.7. The number of nitrogens with zero attached hydrogens (tertiary/aromatic N) is 2. The minimum Gasteiger partial charge on any atom is -0.488 e. The van der Waals surface area contributed by atoms with Crippen LogP contribution in [-0.4, -0.2) is 48.3 Å². The number of benzene rings is 3. The van der Waals surface area contributed by atoms with E-state index in [2.05, 4.69) is 72.7 Å². The third kappa shape index (κ3) is 7.00. The van der Waals surface area contributed by atoms with Crippen LogP contribution in [0.2, 0.25) is 0 Å². The van der Waals surface area contributed by atoms with Gasteiger partial charge < -0.3 is 20.1 Å². The maximum Gasteiger partial charge on any atom is 0.323 e. The SMILES string of the molecule is CC(C)(C)c1ccc(NC(=O)Nc2ccc(-c3ccc(CN4CCOCC4)nc3)c3ccccc23)c(OC2CCCC2)c1. The number of nitrogens with one attached hydrogen (secondary N) is 2. The molecule has 2 amide bonds. The highest BCUT2D eigenvalue weighted by atomic mass is 16.5. The van der Waals surface area contributed by atoms with Crippen molar-refractivity contribution in [2.45, 2.75) is 64.5 Å². The first-order chi connectivity index (χ1) is 20.8. The molecule has 43 heavy (non-hydrogen) atoms. The van der Waals surface area contributed by atoms with Gasteiger partial charge in [0.2, 0.25) is 0 Å². The van der Waals surface area contributed by atoms with E-state index in [9.17, 15) is 4.79 Å². The van der Waals surface area contributed by atoms with Crippen LogP contribution in [0.25, 0.3) is 21.9 Å². The van der Waals surface area contributed by atoms with Crippen molar-refractivity contribution >= 4 is 28.2 Å². The van der Waals surface area contributed by atoms with Crippen molar-refractivity contribution in [1.29, 1.82) is 0 Å². The summed E-state index contributed by atoms with van der Waals surface area (Å²) in [5, 5.41) is 8.19. The minimum absolute atomic E-state index is 0.0200. The number of amides is 2. The van der Waals surface area contributed by atoms with Gasteiger partial charge in [0.25, 0.3) is 0 Å². The number of morpholine rings is 1. The minimum atomic E-state index is -0.299. The van der Waals surface area contributed by atoms with Crippen LogP contribution in [0, 0.1) is 0 Å². The van der Waals surface area contributed by atoms with Gasteiger partial charge in [-0.1, -0.05) is 63.2 Å². The lowest BCUT2D eigenvalue weighted by molar-refractivity contribution is 0.0336. The fraction of sp³-hybridized carbons (Fsp3) is 0.389. The summed E-state index contributed by atoms with van der Waals surface area (Å²) < 4.78 is 11.9. The molecule has 4 aromatic rings. The predicted octanol–water partition coefficient (Wildman–Crippen LogP) is 8.00. The van der Waals surface area contributed by atoms with E-state index >= 15 is 0 Å². The van der Waals surface area contributed by atoms with E-state index in [1.807, 2.05) is 36.5 Å².